The summed E-state index contributed by atoms with van der Waals surface area (Å²) in [6.45, 7) is 4.08. The molecule has 2 rings (SSSR count). The highest BCUT2D eigenvalue weighted by Gasteiger charge is 2.08. The molecule has 2 N–H and O–H groups in total. The van der Waals surface area contributed by atoms with Crippen LogP contribution in [0.1, 0.15) is 11.1 Å². The third-order valence-corrected chi connectivity index (χ3v) is 4.81. The molecular formula is C13H16N4OS2. The zero-order chi connectivity index (χ0) is 14.5. The van der Waals surface area contributed by atoms with E-state index in [0.29, 0.717) is 5.75 Å². The van der Waals surface area contributed by atoms with Gasteiger partial charge in [0.1, 0.15) is 0 Å². The van der Waals surface area contributed by atoms with Crippen molar-refractivity contribution < 1.29 is 4.79 Å². The average molecular weight is 308 g/mol. The van der Waals surface area contributed by atoms with Crippen LogP contribution in [-0.2, 0) is 4.79 Å². The molecule has 1 amide bonds. The number of amides is 1. The van der Waals surface area contributed by atoms with Crippen LogP contribution >= 0.6 is 23.1 Å². The highest BCUT2D eigenvalue weighted by Crippen LogP contribution is 2.25. The Morgan fingerprint density at radius 2 is 2.10 bits per heavy atom. The van der Waals surface area contributed by atoms with E-state index in [1.807, 2.05) is 32.0 Å². The molecule has 2 aromatic rings. The van der Waals surface area contributed by atoms with E-state index in [9.17, 15) is 4.79 Å². The second kappa shape index (κ2) is 6.71. The van der Waals surface area contributed by atoms with Crippen molar-refractivity contribution in [1.82, 2.24) is 10.2 Å². The molecular weight excluding hydrogens is 292 g/mol. The standard InChI is InChI=1S/C13H16N4OS2/c1-8-4-5-10(6-9(8)2)15-11(18)7-19-13-17-16-12(14-3)20-13/h4-6H,7H2,1-3H3,(H,14,16)(H,15,18). The van der Waals surface area contributed by atoms with E-state index in [0.717, 1.165) is 15.2 Å². The first-order valence-corrected chi connectivity index (χ1v) is 7.90. The van der Waals surface area contributed by atoms with Crippen molar-refractivity contribution in [1.29, 1.82) is 0 Å². The van der Waals surface area contributed by atoms with Gasteiger partial charge in [0.05, 0.1) is 5.75 Å². The van der Waals surface area contributed by atoms with E-state index in [1.165, 1.54) is 34.2 Å². The second-order valence-corrected chi connectivity index (χ2v) is 6.46. The number of thioether (sulfide) groups is 1. The number of hydrogen-bond acceptors (Lipinski definition) is 6. The van der Waals surface area contributed by atoms with Gasteiger partial charge in [-0.05, 0) is 37.1 Å². The number of carbonyl (C=O) groups excluding carboxylic acids is 1. The summed E-state index contributed by atoms with van der Waals surface area (Å²) in [6, 6.07) is 5.89. The van der Waals surface area contributed by atoms with Crippen LogP contribution in [0.4, 0.5) is 10.8 Å². The summed E-state index contributed by atoms with van der Waals surface area (Å²) in [6.07, 6.45) is 0. The molecule has 7 heteroatoms. The van der Waals surface area contributed by atoms with Crippen molar-refractivity contribution in [3.8, 4) is 0 Å². The number of hydrogen-bond donors (Lipinski definition) is 2. The summed E-state index contributed by atoms with van der Waals surface area (Å²) in [5, 5.41) is 14.5. The van der Waals surface area contributed by atoms with Crippen LogP contribution in [0.15, 0.2) is 22.5 Å². The fourth-order valence-corrected chi connectivity index (χ4v) is 3.02. The van der Waals surface area contributed by atoms with Gasteiger partial charge in [-0.25, -0.2) is 0 Å². The SMILES string of the molecule is CNc1nnc(SCC(=O)Nc2ccc(C)c(C)c2)s1. The number of aromatic nitrogens is 2. The summed E-state index contributed by atoms with van der Waals surface area (Å²) < 4.78 is 0.782. The van der Waals surface area contributed by atoms with Crippen LogP contribution in [0.3, 0.4) is 0 Å². The number of nitrogens with one attached hydrogen (secondary N) is 2. The Bertz CT molecular complexity index is 612. The smallest absolute Gasteiger partial charge is 0.234 e. The van der Waals surface area contributed by atoms with Gasteiger partial charge in [0.15, 0.2) is 4.34 Å². The van der Waals surface area contributed by atoms with Gasteiger partial charge in [-0.3, -0.25) is 4.79 Å². The minimum absolute atomic E-state index is 0.0422. The molecule has 0 atom stereocenters. The zero-order valence-electron chi connectivity index (χ0n) is 11.6. The Labute approximate surface area is 126 Å². The van der Waals surface area contributed by atoms with Crippen LogP contribution in [0.25, 0.3) is 0 Å². The maximum atomic E-state index is 11.9. The normalized spacial score (nSPS) is 10.3. The van der Waals surface area contributed by atoms with Gasteiger partial charge in [-0.2, -0.15) is 0 Å². The van der Waals surface area contributed by atoms with Crippen molar-refractivity contribution in [2.24, 2.45) is 0 Å². The summed E-state index contributed by atoms with van der Waals surface area (Å²) in [4.78, 5) is 11.9. The largest absolute Gasteiger partial charge is 0.363 e. The molecule has 0 radical (unpaired) electrons. The summed E-state index contributed by atoms with van der Waals surface area (Å²) in [5.41, 5.74) is 3.20. The number of nitrogens with zero attached hydrogens (tertiary/aromatic N) is 2. The minimum Gasteiger partial charge on any atom is -0.363 e. The minimum atomic E-state index is -0.0422. The fourth-order valence-electron chi connectivity index (χ4n) is 1.51. The maximum Gasteiger partial charge on any atom is 0.234 e. The van der Waals surface area contributed by atoms with E-state index in [2.05, 4.69) is 20.8 Å². The topological polar surface area (TPSA) is 66.9 Å². The van der Waals surface area contributed by atoms with Crippen LogP contribution < -0.4 is 10.6 Å². The van der Waals surface area contributed by atoms with E-state index in [4.69, 9.17) is 0 Å². The van der Waals surface area contributed by atoms with E-state index < -0.39 is 0 Å². The molecule has 1 heterocycles. The predicted octanol–water partition coefficient (Wildman–Crippen LogP) is 2.93. The summed E-state index contributed by atoms with van der Waals surface area (Å²) in [7, 11) is 1.79. The Kier molecular flexibility index (Phi) is 4.97. The maximum absolute atomic E-state index is 11.9. The Hall–Kier alpha value is -1.60. The van der Waals surface area contributed by atoms with Crippen LogP contribution in [0, 0.1) is 13.8 Å². The number of anilines is 2. The van der Waals surface area contributed by atoms with Crippen molar-refractivity contribution in [2.45, 2.75) is 18.2 Å². The first kappa shape index (κ1) is 14.8. The first-order chi connectivity index (χ1) is 9.58. The molecule has 0 aliphatic heterocycles. The lowest BCUT2D eigenvalue weighted by Crippen LogP contribution is -2.14. The third kappa shape index (κ3) is 3.94. The molecule has 0 saturated heterocycles. The van der Waals surface area contributed by atoms with Gasteiger partial charge in [-0.15, -0.1) is 10.2 Å². The molecule has 1 aromatic carbocycles. The molecule has 0 fully saturated rings. The van der Waals surface area contributed by atoms with Crippen molar-refractivity contribution in [3.63, 3.8) is 0 Å². The molecule has 0 aliphatic carbocycles. The van der Waals surface area contributed by atoms with Crippen LogP contribution in [-0.4, -0.2) is 28.9 Å². The Morgan fingerprint density at radius 3 is 2.75 bits per heavy atom. The van der Waals surface area contributed by atoms with Gasteiger partial charge in [0.25, 0.3) is 0 Å². The van der Waals surface area contributed by atoms with Gasteiger partial charge in [0.2, 0.25) is 11.0 Å². The highest BCUT2D eigenvalue weighted by atomic mass is 32.2. The molecule has 0 aliphatic rings. The van der Waals surface area contributed by atoms with Gasteiger partial charge < -0.3 is 10.6 Å². The quantitative estimate of drug-likeness (QED) is 0.831. The van der Waals surface area contributed by atoms with Gasteiger partial charge >= 0.3 is 0 Å². The molecule has 0 saturated carbocycles. The molecule has 1 aromatic heterocycles. The highest BCUT2D eigenvalue weighted by molar-refractivity contribution is 8.01. The number of carbonyl (C=O) groups is 1. The Balaban J connectivity index is 1.87. The van der Waals surface area contributed by atoms with Crippen LogP contribution in [0.2, 0.25) is 0 Å². The Morgan fingerprint density at radius 1 is 1.30 bits per heavy atom. The van der Waals surface area contributed by atoms with Gasteiger partial charge in [-0.1, -0.05) is 29.2 Å². The average Bonchev–Trinajstić information content (AvgIpc) is 2.89. The van der Waals surface area contributed by atoms with Crippen molar-refractivity contribution in [3.05, 3.63) is 29.3 Å². The third-order valence-electron chi connectivity index (χ3n) is 2.74. The van der Waals surface area contributed by atoms with Gasteiger partial charge in [0, 0.05) is 12.7 Å². The second-order valence-electron chi connectivity index (χ2n) is 4.26. The molecule has 0 spiro atoms. The number of benzene rings is 1. The lowest BCUT2D eigenvalue weighted by Gasteiger charge is -2.06. The lowest BCUT2D eigenvalue weighted by atomic mass is 10.1. The zero-order valence-corrected chi connectivity index (χ0v) is 13.2. The first-order valence-electron chi connectivity index (χ1n) is 6.09. The van der Waals surface area contributed by atoms with Crippen molar-refractivity contribution in [2.75, 3.05) is 23.4 Å². The van der Waals surface area contributed by atoms with E-state index in [1.54, 1.807) is 7.05 Å². The molecule has 106 valence electrons. The summed E-state index contributed by atoms with van der Waals surface area (Å²) >= 11 is 2.82. The van der Waals surface area contributed by atoms with E-state index >= 15 is 0 Å². The monoisotopic (exact) mass is 308 g/mol. The number of rotatable bonds is 5. The number of aryl methyl sites for hydroxylation is 2. The summed E-state index contributed by atoms with van der Waals surface area (Å²) in [5.74, 6) is 0.283. The molecule has 0 bridgehead atoms. The fraction of sp³-hybridized carbons (Fsp3) is 0.308. The lowest BCUT2D eigenvalue weighted by molar-refractivity contribution is -0.113. The molecule has 20 heavy (non-hydrogen) atoms. The van der Waals surface area contributed by atoms with Crippen molar-refractivity contribution >= 4 is 39.8 Å². The molecule has 5 nitrogen and oxygen atoms in total. The van der Waals surface area contributed by atoms with Crippen LogP contribution in [0.5, 0.6) is 0 Å². The predicted molar refractivity (Wildman–Crippen MR) is 84.7 cm³/mol. The van der Waals surface area contributed by atoms with E-state index in [-0.39, 0.29) is 5.91 Å². The molecule has 0 unspecified atom stereocenters.